The molecule has 0 radical (unpaired) electrons. The third-order valence-electron chi connectivity index (χ3n) is 3.52. The van der Waals surface area contributed by atoms with Crippen molar-refractivity contribution in [3.8, 4) is 5.75 Å². The van der Waals surface area contributed by atoms with Gasteiger partial charge in [-0.2, -0.15) is 5.10 Å². The monoisotopic (exact) mass is 332 g/mol. The molecule has 126 valence electrons. The highest BCUT2D eigenvalue weighted by Gasteiger charge is 2.02. The average molecular weight is 332 g/mol. The number of para-hydroxylation sites is 1. The normalized spacial score (nSPS) is 11.4. The number of ether oxygens (including phenoxy) is 1. The molecule has 5 nitrogen and oxygen atoms in total. The maximum Gasteiger partial charge on any atom is 0.221 e. The van der Waals surface area contributed by atoms with Gasteiger partial charge in [0, 0.05) is 5.56 Å². The number of hydrogen-bond donors (Lipinski definition) is 1. The molecule has 2 N–H and O–H groups in total. The van der Waals surface area contributed by atoms with E-state index >= 15 is 0 Å². The van der Waals surface area contributed by atoms with Crippen LogP contribution in [0.15, 0.2) is 72.0 Å². The molecule has 3 aromatic rings. The van der Waals surface area contributed by atoms with Gasteiger partial charge >= 0.3 is 0 Å². The molecule has 5 heteroatoms. The van der Waals surface area contributed by atoms with Gasteiger partial charge in [-0.1, -0.05) is 48.5 Å². The first-order chi connectivity index (χ1) is 12.2. The van der Waals surface area contributed by atoms with Gasteiger partial charge in [0.1, 0.15) is 12.4 Å². The number of aromatic nitrogens is 2. The summed E-state index contributed by atoms with van der Waals surface area (Å²) < 4.78 is 7.39. The van der Waals surface area contributed by atoms with E-state index < -0.39 is 0 Å². The molecule has 1 heterocycles. The minimum Gasteiger partial charge on any atom is -0.489 e. The highest BCUT2D eigenvalue weighted by atomic mass is 16.5. The molecule has 0 aliphatic carbocycles. The summed E-state index contributed by atoms with van der Waals surface area (Å²) in [6.07, 6.45) is 7.51. The fraction of sp³-hybridized carbons (Fsp3) is 0.100. The first-order valence-electron chi connectivity index (χ1n) is 8.01. The Balaban J connectivity index is 1.66. The summed E-state index contributed by atoms with van der Waals surface area (Å²) in [4.78, 5) is 4.12. The van der Waals surface area contributed by atoms with Crippen LogP contribution in [0.5, 0.6) is 5.75 Å². The highest BCUT2D eigenvalue weighted by Crippen LogP contribution is 2.16. The minimum absolute atomic E-state index is 0.359. The second-order valence-corrected chi connectivity index (χ2v) is 5.49. The summed E-state index contributed by atoms with van der Waals surface area (Å²) in [7, 11) is 0. The number of anilines is 1. The number of imidazole rings is 1. The van der Waals surface area contributed by atoms with Crippen LogP contribution >= 0.6 is 0 Å². The molecule has 1 aromatic heterocycles. The van der Waals surface area contributed by atoms with Crippen LogP contribution in [0.3, 0.4) is 0 Å². The number of nitrogen functional groups attached to an aromatic ring is 1. The van der Waals surface area contributed by atoms with Crippen LogP contribution in [0.4, 0.5) is 5.95 Å². The molecule has 0 spiro atoms. The van der Waals surface area contributed by atoms with Crippen LogP contribution in [-0.4, -0.2) is 22.5 Å². The van der Waals surface area contributed by atoms with Crippen LogP contribution < -0.4 is 10.5 Å². The molecule has 0 atom stereocenters. The van der Waals surface area contributed by atoms with Crippen molar-refractivity contribution in [2.24, 2.45) is 5.10 Å². The SMILES string of the molecule is Cc1cn(N=Cc2ccccc2OCC=Cc2ccccc2)c(N)n1. The fourth-order valence-electron chi connectivity index (χ4n) is 2.33. The Labute approximate surface area is 147 Å². The zero-order valence-electron chi connectivity index (χ0n) is 14.0. The van der Waals surface area contributed by atoms with Gasteiger partial charge in [0.2, 0.25) is 5.95 Å². The van der Waals surface area contributed by atoms with Crippen LogP contribution in [0.2, 0.25) is 0 Å². The molecule has 0 bridgehead atoms. The van der Waals surface area contributed by atoms with Crippen LogP contribution in [0, 0.1) is 6.92 Å². The molecule has 0 fully saturated rings. The number of benzene rings is 2. The van der Waals surface area contributed by atoms with Crippen molar-refractivity contribution >= 4 is 18.2 Å². The van der Waals surface area contributed by atoms with E-state index in [2.05, 4.69) is 22.2 Å². The summed E-state index contributed by atoms with van der Waals surface area (Å²) in [6.45, 7) is 2.35. The Morgan fingerprint density at radius 3 is 2.64 bits per heavy atom. The maximum absolute atomic E-state index is 5.85. The zero-order valence-corrected chi connectivity index (χ0v) is 14.0. The van der Waals surface area contributed by atoms with Crippen molar-refractivity contribution in [2.75, 3.05) is 12.3 Å². The predicted octanol–water partition coefficient (Wildman–Crippen LogP) is 3.75. The average Bonchev–Trinajstić information content (AvgIpc) is 2.96. The van der Waals surface area contributed by atoms with Gasteiger partial charge in [-0.3, -0.25) is 0 Å². The number of nitrogens with two attached hydrogens (primary N) is 1. The summed E-state index contributed by atoms with van der Waals surface area (Å²) in [6, 6.07) is 17.9. The molecular weight excluding hydrogens is 312 g/mol. The fourth-order valence-corrected chi connectivity index (χ4v) is 2.33. The minimum atomic E-state index is 0.359. The Bertz CT molecular complexity index is 882. The lowest BCUT2D eigenvalue weighted by Crippen LogP contribution is -1.99. The van der Waals surface area contributed by atoms with Crippen molar-refractivity contribution in [2.45, 2.75) is 6.92 Å². The van der Waals surface area contributed by atoms with Crippen molar-refractivity contribution in [3.05, 3.63) is 83.7 Å². The second kappa shape index (κ2) is 7.97. The molecule has 0 amide bonds. The third kappa shape index (κ3) is 4.57. The first-order valence-corrected chi connectivity index (χ1v) is 8.01. The largest absolute Gasteiger partial charge is 0.489 e. The van der Waals surface area contributed by atoms with Gasteiger partial charge in [0.25, 0.3) is 0 Å². The lowest BCUT2D eigenvalue weighted by atomic mass is 10.2. The molecule has 0 aliphatic rings. The lowest BCUT2D eigenvalue weighted by Gasteiger charge is -2.06. The predicted molar refractivity (Wildman–Crippen MR) is 102 cm³/mol. The zero-order chi connectivity index (χ0) is 17.5. The van der Waals surface area contributed by atoms with Crippen LogP contribution in [-0.2, 0) is 0 Å². The number of nitrogens with zero attached hydrogens (tertiary/aromatic N) is 3. The summed E-state index contributed by atoms with van der Waals surface area (Å²) >= 11 is 0. The number of aryl methyl sites for hydroxylation is 1. The standard InChI is InChI=1S/C20H20N4O/c1-16-15-24(20(21)23-16)22-14-18-11-5-6-12-19(18)25-13-7-10-17-8-3-2-4-9-17/h2-12,14-15H,13H2,1H3,(H2,21,23). The Morgan fingerprint density at radius 2 is 1.88 bits per heavy atom. The number of hydrogen-bond acceptors (Lipinski definition) is 4. The Kier molecular flexibility index (Phi) is 5.26. The maximum atomic E-state index is 5.85. The molecule has 0 saturated carbocycles. The third-order valence-corrected chi connectivity index (χ3v) is 3.52. The van der Waals surface area contributed by atoms with E-state index in [4.69, 9.17) is 10.5 Å². The van der Waals surface area contributed by atoms with E-state index in [1.54, 1.807) is 17.1 Å². The molecule has 3 rings (SSSR count). The number of rotatable bonds is 6. The smallest absolute Gasteiger partial charge is 0.221 e. The summed E-state index contributed by atoms with van der Waals surface area (Å²) in [5.74, 6) is 1.12. The van der Waals surface area contributed by atoms with E-state index in [1.165, 1.54) is 0 Å². The Hall–Kier alpha value is -3.34. The molecule has 0 saturated heterocycles. The summed E-state index contributed by atoms with van der Waals surface area (Å²) in [5, 5.41) is 4.34. The van der Waals surface area contributed by atoms with Crippen LogP contribution in [0.25, 0.3) is 6.08 Å². The van der Waals surface area contributed by atoms with Crippen LogP contribution in [0.1, 0.15) is 16.8 Å². The topological polar surface area (TPSA) is 65.4 Å². The van der Waals surface area contributed by atoms with Gasteiger partial charge in [-0.25, -0.2) is 9.66 Å². The first kappa shape index (κ1) is 16.5. The van der Waals surface area contributed by atoms with E-state index in [1.807, 2.05) is 61.5 Å². The van der Waals surface area contributed by atoms with Crippen molar-refractivity contribution < 1.29 is 4.74 Å². The van der Waals surface area contributed by atoms with Gasteiger partial charge in [0.15, 0.2) is 0 Å². The van der Waals surface area contributed by atoms with Gasteiger partial charge in [-0.05, 0) is 30.7 Å². The molecule has 0 unspecified atom stereocenters. The Morgan fingerprint density at radius 1 is 1.12 bits per heavy atom. The molecule has 2 aromatic carbocycles. The van der Waals surface area contributed by atoms with E-state index in [9.17, 15) is 0 Å². The van der Waals surface area contributed by atoms with Gasteiger partial charge in [0.05, 0.1) is 18.1 Å². The van der Waals surface area contributed by atoms with E-state index in [0.717, 1.165) is 22.6 Å². The molecule has 25 heavy (non-hydrogen) atoms. The quantitative estimate of drug-likeness (QED) is 0.699. The van der Waals surface area contributed by atoms with Crippen molar-refractivity contribution in [3.63, 3.8) is 0 Å². The molecular formula is C20H20N4O. The van der Waals surface area contributed by atoms with Gasteiger partial charge in [-0.15, -0.1) is 0 Å². The van der Waals surface area contributed by atoms with Crippen molar-refractivity contribution in [1.29, 1.82) is 0 Å². The summed E-state index contributed by atoms with van der Waals surface area (Å²) in [5.41, 5.74) is 8.64. The van der Waals surface area contributed by atoms with E-state index in [-0.39, 0.29) is 0 Å². The van der Waals surface area contributed by atoms with E-state index in [0.29, 0.717) is 12.6 Å². The molecule has 0 aliphatic heterocycles. The highest BCUT2D eigenvalue weighted by molar-refractivity contribution is 5.83. The lowest BCUT2D eigenvalue weighted by molar-refractivity contribution is 0.363. The van der Waals surface area contributed by atoms with Gasteiger partial charge < -0.3 is 10.5 Å². The van der Waals surface area contributed by atoms with Crippen molar-refractivity contribution in [1.82, 2.24) is 9.66 Å². The second-order valence-electron chi connectivity index (χ2n) is 5.49.